The van der Waals surface area contributed by atoms with Crippen LogP contribution in [0.3, 0.4) is 0 Å². The normalized spacial score (nSPS) is 13.6. The smallest absolute Gasteiger partial charge is 0.143 e. The van der Waals surface area contributed by atoms with Crippen LogP contribution in [0.25, 0.3) is 87.6 Å². The van der Waals surface area contributed by atoms with Gasteiger partial charge in [0.2, 0.25) is 0 Å². The molecule has 10 rings (SSSR count). The van der Waals surface area contributed by atoms with Gasteiger partial charge in [-0.1, -0.05) is 141 Å². The largest absolute Gasteiger partial charge is 0.455 e. The van der Waals surface area contributed by atoms with Crippen molar-refractivity contribution in [1.29, 1.82) is 0 Å². The van der Waals surface area contributed by atoms with E-state index in [1.165, 1.54) is 87.6 Å². The molecule has 0 aliphatic heterocycles. The zero-order valence-electron chi connectivity index (χ0n) is 25.8. The SMILES string of the molecule is CC1(C)c2ccccc2-c2c1cc1c(oc3cc4ccccc4cc31)c2-c1c2ccccc2c(-c2ccccc2)c2ccccc12. The van der Waals surface area contributed by atoms with E-state index in [2.05, 4.69) is 159 Å². The molecule has 0 saturated carbocycles. The highest BCUT2D eigenvalue weighted by molar-refractivity contribution is 6.27. The van der Waals surface area contributed by atoms with E-state index < -0.39 is 0 Å². The van der Waals surface area contributed by atoms with E-state index in [0.29, 0.717) is 0 Å². The highest BCUT2D eigenvalue weighted by Crippen LogP contribution is 2.57. The lowest BCUT2D eigenvalue weighted by Crippen LogP contribution is -2.14. The number of furan rings is 1. The molecular weight excluding hydrogens is 556 g/mol. The highest BCUT2D eigenvalue weighted by atomic mass is 16.3. The zero-order valence-corrected chi connectivity index (χ0v) is 25.8. The average molecular weight is 587 g/mol. The summed E-state index contributed by atoms with van der Waals surface area (Å²) in [5, 5.41) is 9.74. The van der Waals surface area contributed by atoms with E-state index in [4.69, 9.17) is 4.42 Å². The second kappa shape index (κ2) is 9.19. The van der Waals surface area contributed by atoms with E-state index in [0.717, 1.165) is 11.2 Å². The summed E-state index contributed by atoms with van der Waals surface area (Å²) >= 11 is 0. The molecule has 46 heavy (non-hydrogen) atoms. The van der Waals surface area contributed by atoms with Gasteiger partial charge in [0.1, 0.15) is 11.2 Å². The minimum absolute atomic E-state index is 0.162. The summed E-state index contributed by atoms with van der Waals surface area (Å²) in [6, 6.07) is 53.2. The molecule has 0 saturated heterocycles. The molecule has 0 unspecified atom stereocenters. The fourth-order valence-electron chi connectivity index (χ4n) is 8.31. The summed E-state index contributed by atoms with van der Waals surface area (Å²) < 4.78 is 7.07. The molecule has 1 aromatic heterocycles. The van der Waals surface area contributed by atoms with Gasteiger partial charge in [0.15, 0.2) is 0 Å². The summed E-state index contributed by atoms with van der Waals surface area (Å²) in [6.45, 7) is 4.75. The number of hydrogen-bond donors (Lipinski definition) is 0. The Morgan fingerprint density at radius 2 is 0.978 bits per heavy atom. The first-order valence-electron chi connectivity index (χ1n) is 16.1. The van der Waals surface area contributed by atoms with Gasteiger partial charge in [-0.25, -0.2) is 0 Å². The number of fused-ring (bicyclic) bond motifs is 9. The van der Waals surface area contributed by atoms with Crippen LogP contribution in [-0.4, -0.2) is 0 Å². The van der Waals surface area contributed by atoms with Crippen LogP contribution in [-0.2, 0) is 5.41 Å². The maximum Gasteiger partial charge on any atom is 0.143 e. The predicted molar refractivity (Wildman–Crippen MR) is 195 cm³/mol. The Morgan fingerprint density at radius 3 is 1.67 bits per heavy atom. The van der Waals surface area contributed by atoms with E-state index in [-0.39, 0.29) is 5.41 Å². The van der Waals surface area contributed by atoms with Crippen molar-refractivity contribution < 1.29 is 4.42 Å². The molecule has 0 bridgehead atoms. The van der Waals surface area contributed by atoms with Gasteiger partial charge in [0.05, 0.1) is 0 Å². The molecule has 216 valence electrons. The maximum atomic E-state index is 7.07. The van der Waals surface area contributed by atoms with E-state index in [1.807, 2.05) is 0 Å². The third kappa shape index (κ3) is 3.35. The molecule has 9 aromatic rings. The Labute approximate surface area is 267 Å². The van der Waals surface area contributed by atoms with Gasteiger partial charge >= 0.3 is 0 Å². The molecule has 1 heterocycles. The second-order valence-corrected chi connectivity index (χ2v) is 13.2. The fraction of sp³-hybridized carbons (Fsp3) is 0.0667. The fourth-order valence-corrected chi connectivity index (χ4v) is 8.31. The molecule has 0 N–H and O–H groups in total. The molecule has 1 aliphatic rings. The van der Waals surface area contributed by atoms with Crippen molar-refractivity contribution in [2.45, 2.75) is 19.3 Å². The molecular formula is C45H30O. The lowest BCUT2D eigenvalue weighted by atomic mass is 9.79. The molecule has 1 aliphatic carbocycles. The highest BCUT2D eigenvalue weighted by Gasteiger charge is 2.39. The Bertz CT molecular complexity index is 2650. The van der Waals surface area contributed by atoms with Crippen LogP contribution in [0.1, 0.15) is 25.0 Å². The minimum atomic E-state index is -0.162. The summed E-state index contributed by atoms with van der Waals surface area (Å²) in [4.78, 5) is 0. The van der Waals surface area contributed by atoms with Crippen LogP contribution in [0.15, 0.2) is 150 Å². The van der Waals surface area contributed by atoms with E-state index in [9.17, 15) is 0 Å². The van der Waals surface area contributed by atoms with Gasteiger partial charge in [0, 0.05) is 27.3 Å². The molecule has 0 atom stereocenters. The van der Waals surface area contributed by atoms with Crippen LogP contribution < -0.4 is 0 Å². The van der Waals surface area contributed by atoms with Crippen molar-refractivity contribution in [2.24, 2.45) is 0 Å². The Hall–Kier alpha value is -5.66. The first kappa shape index (κ1) is 25.6. The van der Waals surface area contributed by atoms with E-state index >= 15 is 0 Å². The summed E-state index contributed by atoms with van der Waals surface area (Å²) in [6.07, 6.45) is 0. The first-order chi connectivity index (χ1) is 22.6. The summed E-state index contributed by atoms with van der Waals surface area (Å²) in [7, 11) is 0. The molecule has 0 radical (unpaired) electrons. The van der Waals surface area contributed by atoms with Gasteiger partial charge in [-0.2, -0.15) is 0 Å². The Kier molecular flexibility index (Phi) is 5.12. The van der Waals surface area contributed by atoms with Gasteiger partial charge in [-0.15, -0.1) is 0 Å². The molecule has 1 nitrogen and oxygen atoms in total. The molecule has 0 amide bonds. The number of benzene rings is 8. The van der Waals surface area contributed by atoms with Gasteiger partial charge in [0.25, 0.3) is 0 Å². The summed E-state index contributed by atoms with van der Waals surface area (Å²) in [5.74, 6) is 0. The lowest BCUT2D eigenvalue weighted by molar-refractivity contribution is 0.658. The third-order valence-electron chi connectivity index (χ3n) is 10.4. The molecule has 8 aromatic carbocycles. The maximum absolute atomic E-state index is 7.07. The van der Waals surface area contributed by atoms with Crippen LogP contribution in [0.2, 0.25) is 0 Å². The zero-order chi connectivity index (χ0) is 30.6. The van der Waals surface area contributed by atoms with Crippen molar-refractivity contribution in [2.75, 3.05) is 0 Å². The van der Waals surface area contributed by atoms with Gasteiger partial charge in [-0.05, 0) is 83.9 Å². The third-order valence-corrected chi connectivity index (χ3v) is 10.4. The lowest BCUT2D eigenvalue weighted by Gasteiger charge is -2.23. The second-order valence-electron chi connectivity index (χ2n) is 13.2. The first-order valence-corrected chi connectivity index (χ1v) is 16.1. The van der Waals surface area contributed by atoms with Gasteiger partial charge < -0.3 is 4.42 Å². The quantitative estimate of drug-likeness (QED) is 0.184. The van der Waals surface area contributed by atoms with Crippen LogP contribution in [0, 0.1) is 0 Å². The Balaban J connectivity index is 1.46. The van der Waals surface area contributed by atoms with Crippen molar-refractivity contribution in [1.82, 2.24) is 0 Å². The Morgan fingerprint density at radius 1 is 0.413 bits per heavy atom. The van der Waals surface area contributed by atoms with Gasteiger partial charge in [-0.3, -0.25) is 0 Å². The van der Waals surface area contributed by atoms with Crippen LogP contribution in [0.4, 0.5) is 0 Å². The van der Waals surface area contributed by atoms with Crippen molar-refractivity contribution in [3.63, 3.8) is 0 Å². The van der Waals surface area contributed by atoms with Crippen molar-refractivity contribution in [3.8, 4) is 33.4 Å². The van der Waals surface area contributed by atoms with Crippen molar-refractivity contribution in [3.05, 3.63) is 157 Å². The molecule has 1 heteroatoms. The standard InChI is InChI=1S/C45H30O/c1-45(2)37-23-13-12-22-34(37)42-38(45)26-36-35-24-28-16-6-7-17-29(28)25-39(35)46-44(36)43(42)41-32-20-10-8-18-30(32)40(27-14-4-3-5-15-27)31-19-9-11-21-33(31)41/h3-26H,1-2H3. The molecule has 0 spiro atoms. The van der Waals surface area contributed by atoms with E-state index in [1.54, 1.807) is 0 Å². The topological polar surface area (TPSA) is 13.1 Å². The predicted octanol–water partition coefficient (Wildman–Crippen LogP) is 12.7. The summed E-state index contributed by atoms with van der Waals surface area (Å²) in [5.41, 5.74) is 12.0. The number of rotatable bonds is 2. The number of hydrogen-bond acceptors (Lipinski definition) is 1. The van der Waals surface area contributed by atoms with Crippen LogP contribution in [0.5, 0.6) is 0 Å². The monoisotopic (exact) mass is 586 g/mol. The average Bonchev–Trinajstić information content (AvgIpc) is 3.57. The minimum Gasteiger partial charge on any atom is -0.455 e. The molecule has 0 fully saturated rings. The van der Waals surface area contributed by atoms with Crippen LogP contribution >= 0.6 is 0 Å². The van der Waals surface area contributed by atoms with Crippen molar-refractivity contribution >= 4 is 54.3 Å².